The number of carbonyl (C=O) groups is 1. The molecule has 0 aliphatic carbocycles. The third-order valence-electron chi connectivity index (χ3n) is 3.09. The molecule has 0 bridgehead atoms. The average molecular weight is 266 g/mol. The molecule has 1 aliphatic heterocycles. The van der Waals surface area contributed by atoms with Crippen molar-refractivity contribution in [2.45, 2.75) is 18.9 Å². The molecule has 1 heterocycles. The maximum Gasteiger partial charge on any atom is 0.253 e. The fraction of sp³-hybridized carbons (Fsp3) is 0.462. The van der Waals surface area contributed by atoms with Crippen LogP contribution in [0.1, 0.15) is 23.2 Å². The Morgan fingerprint density at radius 1 is 1.44 bits per heavy atom. The molecule has 98 valence electrons. The van der Waals surface area contributed by atoms with E-state index in [0.29, 0.717) is 17.0 Å². The minimum absolute atomic E-state index is 0.108. The number of thioether (sulfide) groups is 1. The van der Waals surface area contributed by atoms with Gasteiger partial charge in [0.05, 0.1) is 18.4 Å². The van der Waals surface area contributed by atoms with Crippen LogP contribution >= 0.6 is 11.8 Å². The lowest BCUT2D eigenvalue weighted by atomic mass is 10.1. The lowest BCUT2D eigenvalue weighted by Gasteiger charge is -2.23. The fourth-order valence-corrected chi connectivity index (χ4v) is 3.13. The van der Waals surface area contributed by atoms with Gasteiger partial charge in [-0.15, -0.1) is 0 Å². The number of rotatable bonds is 3. The molecule has 0 radical (unpaired) electrons. The summed E-state index contributed by atoms with van der Waals surface area (Å²) >= 11 is 1.93. The van der Waals surface area contributed by atoms with Crippen LogP contribution in [0.15, 0.2) is 18.2 Å². The van der Waals surface area contributed by atoms with Gasteiger partial charge in [0.1, 0.15) is 5.75 Å². The summed E-state index contributed by atoms with van der Waals surface area (Å²) in [6.07, 6.45) is 2.06. The first-order valence-electron chi connectivity index (χ1n) is 6.03. The quantitative estimate of drug-likeness (QED) is 0.820. The minimum atomic E-state index is -0.108. The smallest absolute Gasteiger partial charge is 0.253 e. The Hall–Kier alpha value is -1.36. The number of carbonyl (C=O) groups excluding carboxylic acids is 1. The third-order valence-corrected chi connectivity index (χ3v) is 4.14. The normalized spacial score (nSPS) is 16.3. The van der Waals surface area contributed by atoms with Gasteiger partial charge in [0.15, 0.2) is 0 Å². The third kappa shape index (κ3) is 2.90. The van der Waals surface area contributed by atoms with Gasteiger partial charge in [-0.05, 0) is 36.5 Å². The number of methoxy groups -OCH3 is 1. The first-order chi connectivity index (χ1) is 8.72. The zero-order valence-corrected chi connectivity index (χ0v) is 11.3. The molecule has 0 spiro atoms. The van der Waals surface area contributed by atoms with Gasteiger partial charge in [0, 0.05) is 6.04 Å². The van der Waals surface area contributed by atoms with Crippen LogP contribution in [0.5, 0.6) is 5.75 Å². The van der Waals surface area contributed by atoms with Gasteiger partial charge in [-0.25, -0.2) is 0 Å². The maximum absolute atomic E-state index is 12.1. The van der Waals surface area contributed by atoms with Gasteiger partial charge in [0.2, 0.25) is 0 Å². The fourth-order valence-electron chi connectivity index (χ4n) is 2.03. The van der Waals surface area contributed by atoms with Crippen molar-refractivity contribution in [3.05, 3.63) is 23.8 Å². The van der Waals surface area contributed by atoms with E-state index in [9.17, 15) is 4.79 Å². The van der Waals surface area contributed by atoms with E-state index in [0.717, 1.165) is 24.3 Å². The topological polar surface area (TPSA) is 64.3 Å². The monoisotopic (exact) mass is 266 g/mol. The number of amides is 1. The molecule has 1 aromatic rings. The van der Waals surface area contributed by atoms with Crippen molar-refractivity contribution in [2.24, 2.45) is 0 Å². The number of anilines is 1. The summed E-state index contributed by atoms with van der Waals surface area (Å²) < 4.78 is 5.12. The molecule has 0 unspecified atom stereocenters. The molecule has 1 fully saturated rings. The van der Waals surface area contributed by atoms with Gasteiger partial charge in [-0.2, -0.15) is 11.8 Å². The number of nitrogen functional groups attached to an aromatic ring is 1. The minimum Gasteiger partial charge on any atom is -0.495 e. The molecule has 1 aromatic carbocycles. The van der Waals surface area contributed by atoms with Crippen LogP contribution < -0.4 is 15.8 Å². The first-order valence-corrected chi connectivity index (χ1v) is 7.19. The predicted octanol–water partition coefficient (Wildman–Crippen LogP) is 1.90. The van der Waals surface area contributed by atoms with E-state index < -0.39 is 0 Å². The van der Waals surface area contributed by atoms with Crippen LogP contribution in [0.3, 0.4) is 0 Å². The lowest BCUT2D eigenvalue weighted by Crippen LogP contribution is -2.37. The molecule has 4 nitrogen and oxygen atoms in total. The zero-order valence-electron chi connectivity index (χ0n) is 10.4. The largest absolute Gasteiger partial charge is 0.495 e. The number of benzene rings is 1. The highest BCUT2D eigenvalue weighted by Crippen LogP contribution is 2.25. The summed E-state index contributed by atoms with van der Waals surface area (Å²) in [6, 6.07) is 5.53. The number of nitrogens with one attached hydrogen (secondary N) is 1. The Kier molecular flexibility index (Phi) is 4.36. The molecule has 0 atom stereocenters. The summed E-state index contributed by atoms with van der Waals surface area (Å²) in [5, 5.41) is 3.04. The van der Waals surface area contributed by atoms with E-state index in [1.807, 2.05) is 11.8 Å². The van der Waals surface area contributed by atoms with Crippen LogP contribution in [0.2, 0.25) is 0 Å². The summed E-state index contributed by atoms with van der Waals surface area (Å²) in [6.45, 7) is 0. The second-order valence-corrected chi connectivity index (χ2v) is 5.51. The molecule has 1 amide bonds. The highest BCUT2D eigenvalue weighted by molar-refractivity contribution is 7.99. The van der Waals surface area contributed by atoms with Crippen LogP contribution in [-0.4, -0.2) is 30.6 Å². The first kappa shape index (κ1) is 13.1. The highest BCUT2D eigenvalue weighted by Gasteiger charge is 2.19. The molecule has 2 rings (SSSR count). The van der Waals surface area contributed by atoms with E-state index in [1.165, 1.54) is 0 Å². The molecular weight excluding hydrogens is 248 g/mol. The van der Waals surface area contributed by atoms with Gasteiger partial charge >= 0.3 is 0 Å². The Labute approximate surface area is 111 Å². The molecule has 5 heteroatoms. The summed E-state index contributed by atoms with van der Waals surface area (Å²) in [7, 11) is 1.55. The number of ether oxygens (including phenoxy) is 1. The summed E-state index contributed by atoms with van der Waals surface area (Å²) in [5.41, 5.74) is 6.81. The highest BCUT2D eigenvalue weighted by atomic mass is 32.2. The van der Waals surface area contributed by atoms with Crippen LogP contribution in [0, 0.1) is 0 Å². The van der Waals surface area contributed by atoms with Crippen LogP contribution in [-0.2, 0) is 0 Å². The molecular formula is C13H18N2O2S. The van der Waals surface area contributed by atoms with Crippen molar-refractivity contribution in [3.63, 3.8) is 0 Å². The van der Waals surface area contributed by atoms with Crippen molar-refractivity contribution in [1.82, 2.24) is 5.32 Å². The zero-order chi connectivity index (χ0) is 13.0. The second-order valence-electron chi connectivity index (χ2n) is 4.28. The molecule has 18 heavy (non-hydrogen) atoms. The maximum atomic E-state index is 12.1. The van der Waals surface area contributed by atoms with Crippen molar-refractivity contribution < 1.29 is 9.53 Å². The van der Waals surface area contributed by atoms with Crippen molar-refractivity contribution in [1.29, 1.82) is 0 Å². The lowest BCUT2D eigenvalue weighted by molar-refractivity contribution is 0.0935. The van der Waals surface area contributed by atoms with Crippen LogP contribution in [0.25, 0.3) is 0 Å². The SMILES string of the molecule is COc1cccc(C(=O)NC2CCSCC2)c1N. The van der Waals surface area contributed by atoms with E-state index in [2.05, 4.69) is 5.32 Å². The molecule has 0 saturated carbocycles. The Bertz CT molecular complexity index is 431. The number of nitrogens with two attached hydrogens (primary N) is 1. The van der Waals surface area contributed by atoms with Crippen molar-refractivity contribution in [2.75, 3.05) is 24.3 Å². The molecule has 0 aromatic heterocycles. The Morgan fingerprint density at radius 3 is 2.83 bits per heavy atom. The summed E-state index contributed by atoms with van der Waals surface area (Å²) in [4.78, 5) is 12.1. The molecule has 1 saturated heterocycles. The van der Waals surface area contributed by atoms with E-state index >= 15 is 0 Å². The number of hydrogen-bond donors (Lipinski definition) is 2. The van der Waals surface area contributed by atoms with Crippen molar-refractivity contribution >= 4 is 23.4 Å². The van der Waals surface area contributed by atoms with E-state index in [4.69, 9.17) is 10.5 Å². The Balaban J connectivity index is 2.08. The Morgan fingerprint density at radius 2 is 2.17 bits per heavy atom. The van der Waals surface area contributed by atoms with Gasteiger partial charge in [0.25, 0.3) is 5.91 Å². The molecule has 1 aliphatic rings. The standard InChI is InChI=1S/C13H18N2O2S/c1-17-11-4-2-3-10(12(11)14)13(16)15-9-5-7-18-8-6-9/h2-4,9H,5-8,14H2,1H3,(H,15,16). The van der Waals surface area contributed by atoms with E-state index in [1.54, 1.807) is 25.3 Å². The predicted molar refractivity (Wildman–Crippen MR) is 75.2 cm³/mol. The number of para-hydroxylation sites is 1. The van der Waals surface area contributed by atoms with E-state index in [-0.39, 0.29) is 11.9 Å². The van der Waals surface area contributed by atoms with Gasteiger partial charge < -0.3 is 15.8 Å². The average Bonchev–Trinajstić information content (AvgIpc) is 2.40. The second kappa shape index (κ2) is 6.00. The van der Waals surface area contributed by atoms with Gasteiger partial charge in [-0.3, -0.25) is 4.79 Å². The van der Waals surface area contributed by atoms with Gasteiger partial charge in [-0.1, -0.05) is 6.07 Å². The molecule has 3 N–H and O–H groups in total. The number of hydrogen-bond acceptors (Lipinski definition) is 4. The van der Waals surface area contributed by atoms with Crippen molar-refractivity contribution in [3.8, 4) is 5.75 Å². The van der Waals surface area contributed by atoms with Crippen LogP contribution in [0.4, 0.5) is 5.69 Å². The summed E-state index contributed by atoms with van der Waals surface area (Å²) in [5.74, 6) is 2.65.